The van der Waals surface area contributed by atoms with Crippen molar-refractivity contribution in [2.24, 2.45) is 0 Å². The molecule has 0 aliphatic rings. The molecule has 19 heavy (non-hydrogen) atoms. The van der Waals surface area contributed by atoms with Crippen LogP contribution in [-0.2, 0) is 4.79 Å². The number of carboxylic acid groups (broad SMARTS) is 1. The lowest BCUT2D eigenvalue weighted by Gasteiger charge is -2.15. The predicted molar refractivity (Wildman–Crippen MR) is 71.9 cm³/mol. The summed E-state index contributed by atoms with van der Waals surface area (Å²) in [5.74, 6) is -4.42. The standard InChI is InChI=1S/C14H12F2O2S/c1-8(13(17)18)12-10-5-3-2-4-9(10)6-7-11(12)19-14(15)16/h2-8,14H,1H3,(H,17,18). The molecule has 0 saturated carbocycles. The lowest BCUT2D eigenvalue weighted by molar-refractivity contribution is -0.138. The summed E-state index contributed by atoms with van der Waals surface area (Å²) < 4.78 is 25.2. The number of carboxylic acids is 1. The fourth-order valence-corrected chi connectivity index (χ4v) is 2.80. The molecule has 1 atom stereocenters. The summed E-state index contributed by atoms with van der Waals surface area (Å²) in [6, 6.07) is 10.5. The Labute approximate surface area is 113 Å². The maximum atomic E-state index is 12.6. The van der Waals surface area contributed by atoms with Gasteiger partial charge < -0.3 is 5.11 Å². The molecule has 0 heterocycles. The van der Waals surface area contributed by atoms with Gasteiger partial charge in [-0.3, -0.25) is 4.79 Å². The zero-order valence-corrected chi connectivity index (χ0v) is 11.0. The fourth-order valence-electron chi connectivity index (χ4n) is 2.04. The molecule has 2 aromatic rings. The molecule has 0 aliphatic carbocycles. The number of aliphatic carboxylic acids is 1. The first kappa shape index (κ1) is 13.8. The van der Waals surface area contributed by atoms with Crippen LogP contribution < -0.4 is 0 Å². The molecule has 0 saturated heterocycles. The third-order valence-corrected chi connectivity index (χ3v) is 3.74. The molecule has 0 aliphatic heterocycles. The van der Waals surface area contributed by atoms with Crippen LogP contribution in [0.25, 0.3) is 10.8 Å². The number of carbonyl (C=O) groups is 1. The summed E-state index contributed by atoms with van der Waals surface area (Å²) in [7, 11) is 0. The quantitative estimate of drug-likeness (QED) is 0.847. The topological polar surface area (TPSA) is 37.3 Å². The molecule has 100 valence electrons. The monoisotopic (exact) mass is 282 g/mol. The van der Waals surface area contributed by atoms with E-state index < -0.39 is 17.6 Å². The number of fused-ring (bicyclic) bond motifs is 1. The van der Waals surface area contributed by atoms with Gasteiger partial charge in [-0.1, -0.05) is 42.1 Å². The minimum Gasteiger partial charge on any atom is -0.481 e. The lowest BCUT2D eigenvalue weighted by Crippen LogP contribution is -2.09. The summed E-state index contributed by atoms with van der Waals surface area (Å²) >= 11 is 0.389. The van der Waals surface area contributed by atoms with E-state index in [0.717, 1.165) is 5.39 Å². The summed E-state index contributed by atoms with van der Waals surface area (Å²) in [6.45, 7) is 1.51. The van der Waals surface area contributed by atoms with Crippen LogP contribution in [0.15, 0.2) is 41.3 Å². The average molecular weight is 282 g/mol. The van der Waals surface area contributed by atoms with Crippen LogP contribution in [0.2, 0.25) is 0 Å². The van der Waals surface area contributed by atoms with Gasteiger partial charge in [-0.15, -0.1) is 0 Å². The van der Waals surface area contributed by atoms with E-state index in [1.54, 1.807) is 24.3 Å². The lowest BCUT2D eigenvalue weighted by atomic mass is 9.95. The Kier molecular flexibility index (Phi) is 4.04. The Bertz CT molecular complexity index is 613. The van der Waals surface area contributed by atoms with Gasteiger partial charge in [-0.2, -0.15) is 8.78 Å². The van der Waals surface area contributed by atoms with Crippen LogP contribution in [0.5, 0.6) is 0 Å². The Morgan fingerprint density at radius 3 is 2.53 bits per heavy atom. The number of alkyl halides is 2. The van der Waals surface area contributed by atoms with Crippen molar-refractivity contribution in [2.45, 2.75) is 23.5 Å². The number of hydrogen-bond donors (Lipinski definition) is 1. The molecule has 0 fully saturated rings. The number of halogens is 2. The van der Waals surface area contributed by atoms with E-state index in [2.05, 4.69) is 0 Å². The number of rotatable bonds is 4. The molecule has 0 aromatic heterocycles. The van der Waals surface area contributed by atoms with Crippen LogP contribution in [-0.4, -0.2) is 16.8 Å². The highest BCUT2D eigenvalue weighted by Crippen LogP contribution is 2.37. The van der Waals surface area contributed by atoms with E-state index in [4.69, 9.17) is 5.11 Å². The van der Waals surface area contributed by atoms with E-state index in [9.17, 15) is 13.6 Å². The zero-order chi connectivity index (χ0) is 14.0. The van der Waals surface area contributed by atoms with Gasteiger partial charge >= 0.3 is 5.97 Å². The molecule has 1 unspecified atom stereocenters. The van der Waals surface area contributed by atoms with Crippen LogP contribution in [0.3, 0.4) is 0 Å². The largest absolute Gasteiger partial charge is 0.481 e. The van der Waals surface area contributed by atoms with Crippen molar-refractivity contribution in [1.29, 1.82) is 0 Å². The summed E-state index contributed by atoms with van der Waals surface area (Å²) in [5.41, 5.74) is 0.455. The fraction of sp³-hybridized carbons (Fsp3) is 0.214. The molecule has 2 aromatic carbocycles. The zero-order valence-electron chi connectivity index (χ0n) is 10.1. The van der Waals surface area contributed by atoms with Gasteiger partial charge in [0.25, 0.3) is 5.76 Å². The molecular formula is C14H12F2O2S. The normalized spacial score (nSPS) is 12.8. The maximum Gasteiger partial charge on any atom is 0.310 e. The molecular weight excluding hydrogens is 270 g/mol. The number of thioether (sulfide) groups is 1. The third kappa shape index (κ3) is 2.87. The highest BCUT2D eigenvalue weighted by atomic mass is 32.2. The van der Waals surface area contributed by atoms with Crippen LogP contribution in [0, 0.1) is 0 Å². The molecule has 0 amide bonds. The molecule has 5 heteroatoms. The number of benzene rings is 2. The second-order valence-electron chi connectivity index (χ2n) is 4.14. The molecule has 2 rings (SSSR count). The number of hydrogen-bond acceptors (Lipinski definition) is 2. The van der Waals surface area contributed by atoms with Crippen LogP contribution in [0.1, 0.15) is 18.4 Å². The first-order valence-electron chi connectivity index (χ1n) is 5.70. The van der Waals surface area contributed by atoms with E-state index in [1.165, 1.54) is 6.92 Å². The van der Waals surface area contributed by atoms with Gasteiger partial charge in [0.1, 0.15) is 0 Å². The van der Waals surface area contributed by atoms with Crippen molar-refractivity contribution < 1.29 is 18.7 Å². The Hall–Kier alpha value is -1.62. The molecule has 0 spiro atoms. The van der Waals surface area contributed by atoms with Crippen LogP contribution >= 0.6 is 11.8 Å². The van der Waals surface area contributed by atoms with Gasteiger partial charge in [0.15, 0.2) is 0 Å². The Balaban J connectivity index is 2.67. The summed E-state index contributed by atoms with van der Waals surface area (Å²) in [6.07, 6.45) is 0. The van der Waals surface area contributed by atoms with Crippen molar-refractivity contribution in [3.8, 4) is 0 Å². The molecule has 2 nitrogen and oxygen atoms in total. The van der Waals surface area contributed by atoms with E-state index in [1.807, 2.05) is 12.1 Å². The minimum absolute atomic E-state index is 0.323. The Morgan fingerprint density at radius 2 is 1.89 bits per heavy atom. The van der Waals surface area contributed by atoms with E-state index in [0.29, 0.717) is 27.6 Å². The van der Waals surface area contributed by atoms with E-state index >= 15 is 0 Å². The second kappa shape index (κ2) is 5.57. The van der Waals surface area contributed by atoms with Crippen molar-refractivity contribution in [3.05, 3.63) is 42.0 Å². The van der Waals surface area contributed by atoms with Gasteiger partial charge in [0.05, 0.1) is 5.92 Å². The summed E-state index contributed by atoms with van der Waals surface area (Å²) in [5, 5.41) is 10.7. The van der Waals surface area contributed by atoms with E-state index in [-0.39, 0.29) is 0 Å². The highest BCUT2D eigenvalue weighted by Gasteiger charge is 2.22. The summed E-state index contributed by atoms with van der Waals surface area (Å²) in [4.78, 5) is 11.5. The van der Waals surface area contributed by atoms with Gasteiger partial charge in [-0.25, -0.2) is 0 Å². The van der Waals surface area contributed by atoms with Crippen LogP contribution in [0.4, 0.5) is 8.78 Å². The molecule has 1 N–H and O–H groups in total. The smallest absolute Gasteiger partial charge is 0.310 e. The van der Waals surface area contributed by atoms with Gasteiger partial charge in [0.2, 0.25) is 0 Å². The second-order valence-corrected chi connectivity index (χ2v) is 5.17. The molecule has 0 radical (unpaired) electrons. The average Bonchev–Trinajstić information content (AvgIpc) is 2.37. The maximum absolute atomic E-state index is 12.6. The first-order chi connectivity index (χ1) is 9.00. The predicted octanol–water partition coefficient (Wildman–Crippen LogP) is 4.34. The van der Waals surface area contributed by atoms with Crippen molar-refractivity contribution in [2.75, 3.05) is 0 Å². The highest BCUT2D eigenvalue weighted by molar-refractivity contribution is 7.99. The first-order valence-corrected chi connectivity index (χ1v) is 6.58. The van der Waals surface area contributed by atoms with Gasteiger partial charge in [-0.05, 0) is 29.3 Å². The van der Waals surface area contributed by atoms with Crippen molar-refractivity contribution in [1.82, 2.24) is 0 Å². The third-order valence-electron chi connectivity index (χ3n) is 2.95. The van der Waals surface area contributed by atoms with Gasteiger partial charge in [0, 0.05) is 4.90 Å². The molecule has 0 bridgehead atoms. The van der Waals surface area contributed by atoms with Crippen molar-refractivity contribution in [3.63, 3.8) is 0 Å². The Morgan fingerprint density at radius 1 is 1.21 bits per heavy atom. The van der Waals surface area contributed by atoms with Crippen molar-refractivity contribution >= 4 is 28.5 Å². The SMILES string of the molecule is CC(C(=O)O)c1c(SC(F)F)ccc2ccccc12. The minimum atomic E-state index is -2.57.